The Labute approximate surface area is 85.8 Å². The first kappa shape index (κ1) is 14.6. The second kappa shape index (κ2) is 4.62. The number of hydrogen-bond donors (Lipinski definition) is 1. The van der Waals surface area contributed by atoms with Crippen LogP contribution in [0.2, 0.25) is 0 Å². The van der Waals surface area contributed by atoms with Crippen molar-refractivity contribution in [3.05, 3.63) is 11.3 Å². The smallest absolute Gasteiger partial charge is 0.431 e. The Kier molecular flexibility index (Phi) is 4.21. The van der Waals surface area contributed by atoms with Gasteiger partial charge in [0, 0.05) is 0 Å². The van der Waals surface area contributed by atoms with E-state index in [4.69, 9.17) is 0 Å². The quantitative estimate of drug-likeness (QED) is 0.463. The fraction of sp³-hybridized carbons (Fsp3) is 0.571. The second-order valence-electron chi connectivity index (χ2n) is 2.50. The monoisotopic (exact) mass is 251 g/mol. The molecule has 0 rings (SSSR count). The van der Waals surface area contributed by atoms with Gasteiger partial charge >= 0.3 is 18.3 Å². The lowest BCUT2D eigenvalue weighted by atomic mass is 10.2. The first-order valence-corrected chi connectivity index (χ1v) is 3.83. The maximum atomic E-state index is 12.1. The van der Waals surface area contributed by atoms with E-state index in [1.807, 2.05) is 0 Å². The molecule has 0 saturated heterocycles. The van der Waals surface area contributed by atoms with Crippen LogP contribution in [0.5, 0.6) is 0 Å². The number of rotatable bonds is 2. The van der Waals surface area contributed by atoms with Crippen LogP contribution < -0.4 is 5.73 Å². The highest BCUT2D eigenvalue weighted by molar-refractivity contribution is 5.90. The molecule has 0 heterocycles. The maximum Gasteiger partial charge on any atom is 0.431 e. The molecular formula is C7H7F6NO2. The molecule has 0 saturated carbocycles. The summed E-state index contributed by atoms with van der Waals surface area (Å²) >= 11 is 0. The summed E-state index contributed by atoms with van der Waals surface area (Å²) in [6.07, 6.45) is -11.0. The molecule has 16 heavy (non-hydrogen) atoms. The van der Waals surface area contributed by atoms with Crippen LogP contribution in [0, 0.1) is 0 Å². The van der Waals surface area contributed by atoms with Gasteiger partial charge in [-0.3, -0.25) is 0 Å². The van der Waals surface area contributed by atoms with Crippen LogP contribution in [-0.4, -0.2) is 24.9 Å². The number of halogens is 6. The predicted molar refractivity (Wildman–Crippen MR) is 40.0 cm³/mol. The van der Waals surface area contributed by atoms with Crippen LogP contribution in [0.1, 0.15) is 6.92 Å². The largest absolute Gasteiger partial charge is 0.462 e. The van der Waals surface area contributed by atoms with Gasteiger partial charge in [0.25, 0.3) is 0 Å². The fourth-order valence-corrected chi connectivity index (χ4v) is 0.723. The van der Waals surface area contributed by atoms with Crippen molar-refractivity contribution in [2.45, 2.75) is 19.3 Å². The summed E-state index contributed by atoms with van der Waals surface area (Å²) in [7, 11) is 0. The molecule has 0 aromatic rings. The Morgan fingerprint density at radius 2 is 1.56 bits per heavy atom. The highest BCUT2D eigenvalue weighted by Crippen LogP contribution is 2.34. The molecule has 2 N–H and O–H groups in total. The molecule has 0 bridgehead atoms. The molecule has 0 aromatic carbocycles. The van der Waals surface area contributed by atoms with Crippen LogP contribution in [0.25, 0.3) is 0 Å². The SMILES string of the molecule is CCOC(=O)C(=C(N)C(F)(F)F)C(F)(F)F. The number of carbonyl (C=O) groups excluding carboxylic acids is 1. The van der Waals surface area contributed by atoms with Crippen molar-refractivity contribution in [3.8, 4) is 0 Å². The molecule has 0 amide bonds. The number of carbonyl (C=O) groups is 1. The zero-order valence-electron chi connectivity index (χ0n) is 7.87. The highest BCUT2D eigenvalue weighted by atomic mass is 19.4. The van der Waals surface area contributed by atoms with Gasteiger partial charge in [-0.05, 0) is 6.92 Å². The Bertz CT molecular complexity index is 303. The first-order chi connectivity index (χ1) is 7.01. The minimum absolute atomic E-state index is 0.496. The third kappa shape index (κ3) is 3.63. The van der Waals surface area contributed by atoms with Crippen molar-refractivity contribution in [3.63, 3.8) is 0 Å². The normalized spacial score (nSPS) is 14.4. The summed E-state index contributed by atoms with van der Waals surface area (Å²) in [5, 5.41) is 0. The van der Waals surface area contributed by atoms with Crippen LogP contribution in [0.4, 0.5) is 26.3 Å². The predicted octanol–water partition coefficient (Wildman–Crippen LogP) is 1.89. The lowest BCUT2D eigenvalue weighted by Gasteiger charge is -2.15. The minimum atomic E-state index is -5.52. The van der Waals surface area contributed by atoms with E-state index in [9.17, 15) is 31.1 Å². The third-order valence-corrected chi connectivity index (χ3v) is 1.34. The Morgan fingerprint density at radius 3 is 1.81 bits per heavy atom. The topological polar surface area (TPSA) is 52.3 Å². The van der Waals surface area contributed by atoms with Gasteiger partial charge in [-0.1, -0.05) is 0 Å². The molecule has 94 valence electrons. The van der Waals surface area contributed by atoms with E-state index >= 15 is 0 Å². The summed E-state index contributed by atoms with van der Waals surface area (Å²) in [5.41, 5.74) is -0.809. The van der Waals surface area contributed by atoms with Crippen molar-refractivity contribution >= 4 is 5.97 Å². The summed E-state index contributed by atoms with van der Waals surface area (Å²) < 4.78 is 76.1. The average Bonchev–Trinajstić information content (AvgIpc) is 1.99. The van der Waals surface area contributed by atoms with Crippen LogP contribution in [0.3, 0.4) is 0 Å². The molecule has 0 aromatic heterocycles. The van der Waals surface area contributed by atoms with Gasteiger partial charge in [-0.15, -0.1) is 0 Å². The number of allylic oxidation sites excluding steroid dienone is 1. The van der Waals surface area contributed by atoms with Crippen molar-refractivity contribution in [1.82, 2.24) is 0 Å². The van der Waals surface area contributed by atoms with Gasteiger partial charge in [0.15, 0.2) is 5.57 Å². The van der Waals surface area contributed by atoms with Crippen molar-refractivity contribution in [2.75, 3.05) is 6.61 Å². The molecule has 0 aliphatic heterocycles. The Hall–Kier alpha value is -1.41. The molecule has 0 fully saturated rings. The Morgan fingerprint density at radius 1 is 1.12 bits per heavy atom. The van der Waals surface area contributed by atoms with Crippen LogP contribution >= 0.6 is 0 Å². The van der Waals surface area contributed by atoms with Gasteiger partial charge < -0.3 is 10.5 Å². The van der Waals surface area contributed by atoms with E-state index in [1.54, 1.807) is 0 Å². The number of nitrogens with two attached hydrogens (primary N) is 1. The number of ether oxygens (including phenoxy) is 1. The van der Waals surface area contributed by atoms with Crippen molar-refractivity contribution < 1.29 is 35.9 Å². The maximum absolute atomic E-state index is 12.1. The first-order valence-electron chi connectivity index (χ1n) is 3.83. The van der Waals surface area contributed by atoms with Gasteiger partial charge in [0.2, 0.25) is 0 Å². The van der Waals surface area contributed by atoms with Crippen molar-refractivity contribution in [1.29, 1.82) is 0 Å². The zero-order valence-corrected chi connectivity index (χ0v) is 7.87. The van der Waals surface area contributed by atoms with Gasteiger partial charge in [0.05, 0.1) is 6.61 Å². The molecule has 0 unspecified atom stereocenters. The van der Waals surface area contributed by atoms with E-state index in [1.165, 1.54) is 0 Å². The van der Waals surface area contributed by atoms with Crippen LogP contribution in [-0.2, 0) is 9.53 Å². The number of esters is 1. The van der Waals surface area contributed by atoms with E-state index in [2.05, 4.69) is 10.5 Å². The van der Waals surface area contributed by atoms with Gasteiger partial charge in [0.1, 0.15) is 5.70 Å². The molecule has 0 radical (unpaired) electrons. The molecule has 0 aliphatic carbocycles. The van der Waals surface area contributed by atoms with E-state index in [-0.39, 0.29) is 0 Å². The minimum Gasteiger partial charge on any atom is -0.462 e. The standard InChI is InChI=1S/C7H7F6NO2/c1-2-16-5(15)3(6(8,9)10)4(14)7(11,12)13/h2,14H2,1H3. The summed E-state index contributed by atoms with van der Waals surface area (Å²) in [5.74, 6) is -2.15. The molecule has 0 aliphatic rings. The molecule has 3 nitrogen and oxygen atoms in total. The molecule has 9 heteroatoms. The lowest BCUT2D eigenvalue weighted by Crippen LogP contribution is -2.32. The van der Waals surface area contributed by atoms with E-state index in [0.717, 1.165) is 6.92 Å². The number of alkyl halides is 6. The third-order valence-electron chi connectivity index (χ3n) is 1.34. The van der Waals surface area contributed by atoms with E-state index < -0.39 is 36.2 Å². The number of hydrogen-bond acceptors (Lipinski definition) is 3. The molecular weight excluding hydrogens is 244 g/mol. The van der Waals surface area contributed by atoms with Gasteiger partial charge in [-0.25, -0.2) is 4.79 Å². The lowest BCUT2D eigenvalue weighted by molar-refractivity contribution is -0.154. The van der Waals surface area contributed by atoms with Crippen LogP contribution in [0.15, 0.2) is 11.3 Å². The second-order valence-corrected chi connectivity index (χ2v) is 2.50. The summed E-state index contributed by atoms with van der Waals surface area (Å²) in [6, 6.07) is 0. The Balaban J connectivity index is 5.52. The average molecular weight is 251 g/mol. The van der Waals surface area contributed by atoms with Crippen molar-refractivity contribution in [2.24, 2.45) is 5.73 Å². The summed E-state index contributed by atoms with van der Waals surface area (Å²) in [6.45, 7) is 0.652. The molecule has 0 atom stereocenters. The molecule has 0 spiro atoms. The van der Waals surface area contributed by atoms with Gasteiger partial charge in [-0.2, -0.15) is 26.3 Å². The highest BCUT2D eigenvalue weighted by Gasteiger charge is 2.48. The van der Waals surface area contributed by atoms with E-state index in [0.29, 0.717) is 0 Å². The summed E-state index contributed by atoms with van der Waals surface area (Å²) in [4.78, 5) is 10.7. The fourth-order valence-electron chi connectivity index (χ4n) is 0.723. The zero-order chi connectivity index (χ0) is 13.1.